The third-order valence-electron chi connectivity index (χ3n) is 2.79. The zero-order chi connectivity index (χ0) is 9.42. The summed E-state index contributed by atoms with van der Waals surface area (Å²) in [7, 11) is 2.07. The van der Waals surface area contributed by atoms with E-state index in [0.29, 0.717) is 5.75 Å². The summed E-state index contributed by atoms with van der Waals surface area (Å²) in [5.74, 6) is 0.393. The van der Waals surface area contributed by atoms with Crippen molar-refractivity contribution >= 4 is 5.69 Å². The van der Waals surface area contributed by atoms with Gasteiger partial charge in [0.15, 0.2) is 0 Å². The van der Waals surface area contributed by atoms with Crippen molar-refractivity contribution in [3.63, 3.8) is 0 Å². The number of aryl methyl sites for hydroxylation is 1. The van der Waals surface area contributed by atoms with Gasteiger partial charge in [-0.1, -0.05) is 6.92 Å². The van der Waals surface area contributed by atoms with Crippen molar-refractivity contribution < 1.29 is 5.11 Å². The molecule has 70 valence electrons. The second kappa shape index (κ2) is 2.95. The largest absolute Gasteiger partial charge is 0.508 e. The van der Waals surface area contributed by atoms with Gasteiger partial charge in [0.25, 0.3) is 0 Å². The molecular formula is C11H15NO. The molecule has 2 heteroatoms. The summed E-state index contributed by atoms with van der Waals surface area (Å²) in [6.07, 6.45) is 2.12. The van der Waals surface area contributed by atoms with Crippen LogP contribution in [0.2, 0.25) is 0 Å². The van der Waals surface area contributed by atoms with E-state index in [9.17, 15) is 5.11 Å². The Labute approximate surface area is 78.8 Å². The maximum Gasteiger partial charge on any atom is 0.117 e. The van der Waals surface area contributed by atoms with Crippen LogP contribution >= 0.6 is 0 Å². The third-order valence-corrected chi connectivity index (χ3v) is 2.79. The van der Waals surface area contributed by atoms with Crippen LogP contribution in [-0.4, -0.2) is 18.7 Å². The molecule has 13 heavy (non-hydrogen) atoms. The normalized spacial score (nSPS) is 14.8. The predicted molar refractivity (Wildman–Crippen MR) is 54.5 cm³/mol. The lowest BCUT2D eigenvalue weighted by Gasteiger charge is -2.13. The van der Waals surface area contributed by atoms with Crippen LogP contribution in [0.5, 0.6) is 5.75 Å². The number of benzene rings is 1. The maximum atomic E-state index is 9.50. The van der Waals surface area contributed by atoms with Crippen molar-refractivity contribution in [2.75, 3.05) is 18.5 Å². The van der Waals surface area contributed by atoms with Crippen LogP contribution in [0.25, 0.3) is 0 Å². The average Bonchev–Trinajstić information content (AvgIpc) is 2.47. The highest BCUT2D eigenvalue weighted by Gasteiger charge is 2.18. The average molecular weight is 177 g/mol. The monoisotopic (exact) mass is 177 g/mol. The predicted octanol–water partition coefficient (Wildman–Crippen LogP) is 1.95. The fourth-order valence-electron chi connectivity index (χ4n) is 2.04. The second-order valence-electron chi connectivity index (χ2n) is 3.63. The summed E-state index contributed by atoms with van der Waals surface area (Å²) in [5.41, 5.74) is 3.92. The van der Waals surface area contributed by atoms with Gasteiger partial charge in [-0.15, -0.1) is 0 Å². The van der Waals surface area contributed by atoms with E-state index in [-0.39, 0.29) is 0 Å². The molecule has 0 atom stereocenters. The smallest absolute Gasteiger partial charge is 0.117 e. The molecular weight excluding hydrogens is 162 g/mol. The first kappa shape index (κ1) is 8.42. The summed E-state index contributed by atoms with van der Waals surface area (Å²) < 4.78 is 0. The van der Waals surface area contributed by atoms with Crippen LogP contribution in [0.3, 0.4) is 0 Å². The van der Waals surface area contributed by atoms with E-state index in [1.54, 1.807) is 0 Å². The first-order valence-electron chi connectivity index (χ1n) is 4.78. The van der Waals surface area contributed by atoms with E-state index in [0.717, 1.165) is 19.4 Å². The Bertz CT molecular complexity index is 333. The number of phenolic OH excluding ortho intramolecular Hbond substituents is 1. The number of anilines is 1. The standard InChI is InChI=1S/C11H15NO/c1-3-8-6-9(13)7-11-10(8)4-5-12(11)2/h6-7,13H,3-5H2,1-2H3. The highest BCUT2D eigenvalue weighted by molar-refractivity contribution is 5.63. The number of nitrogens with zero attached hydrogens (tertiary/aromatic N) is 1. The van der Waals surface area contributed by atoms with Crippen LogP contribution in [0.15, 0.2) is 12.1 Å². The van der Waals surface area contributed by atoms with Gasteiger partial charge in [0.05, 0.1) is 0 Å². The Hall–Kier alpha value is -1.18. The van der Waals surface area contributed by atoms with Crippen LogP contribution in [-0.2, 0) is 12.8 Å². The van der Waals surface area contributed by atoms with Crippen molar-refractivity contribution in [3.05, 3.63) is 23.3 Å². The van der Waals surface area contributed by atoms with E-state index in [1.165, 1.54) is 16.8 Å². The van der Waals surface area contributed by atoms with Crippen LogP contribution < -0.4 is 4.90 Å². The van der Waals surface area contributed by atoms with Gasteiger partial charge in [0.2, 0.25) is 0 Å². The molecule has 1 aliphatic heterocycles. The molecule has 0 aromatic heterocycles. The lowest BCUT2D eigenvalue weighted by Crippen LogP contribution is -2.12. The second-order valence-corrected chi connectivity index (χ2v) is 3.63. The van der Waals surface area contributed by atoms with Gasteiger partial charge in [-0.2, -0.15) is 0 Å². The number of aromatic hydroxyl groups is 1. The summed E-state index contributed by atoms with van der Waals surface area (Å²) in [4.78, 5) is 2.20. The molecule has 0 unspecified atom stereocenters. The minimum Gasteiger partial charge on any atom is -0.508 e. The highest BCUT2D eigenvalue weighted by atomic mass is 16.3. The van der Waals surface area contributed by atoms with E-state index in [1.807, 2.05) is 12.1 Å². The van der Waals surface area contributed by atoms with Gasteiger partial charge in [0.1, 0.15) is 5.75 Å². The zero-order valence-corrected chi connectivity index (χ0v) is 8.17. The molecule has 2 rings (SSSR count). The lowest BCUT2D eigenvalue weighted by molar-refractivity contribution is 0.474. The minimum absolute atomic E-state index is 0.393. The topological polar surface area (TPSA) is 23.5 Å². The Morgan fingerprint density at radius 2 is 2.23 bits per heavy atom. The molecule has 0 radical (unpaired) electrons. The van der Waals surface area contributed by atoms with Gasteiger partial charge < -0.3 is 10.0 Å². The maximum absolute atomic E-state index is 9.50. The molecule has 1 aromatic carbocycles. The van der Waals surface area contributed by atoms with Gasteiger partial charge in [-0.3, -0.25) is 0 Å². The first-order valence-corrected chi connectivity index (χ1v) is 4.78. The molecule has 1 aromatic rings. The number of likely N-dealkylation sites (N-methyl/N-ethyl adjacent to an activating group) is 1. The van der Waals surface area contributed by atoms with Crippen molar-refractivity contribution in [1.82, 2.24) is 0 Å². The number of rotatable bonds is 1. The third kappa shape index (κ3) is 1.26. The van der Waals surface area contributed by atoms with E-state index < -0.39 is 0 Å². The minimum atomic E-state index is 0.393. The Morgan fingerprint density at radius 1 is 1.46 bits per heavy atom. The SMILES string of the molecule is CCc1cc(O)cc2c1CCN2C. The molecule has 0 amide bonds. The summed E-state index contributed by atoms with van der Waals surface area (Å²) in [6.45, 7) is 3.21. The molecule has 0 saturated carbocycles. The van der Waals surface area contributed by atoms with Crippen molar-refractivity contribution in [1.29, 1.82) is 0 Å². The van der Waals surface area contributed by atoms with Gasteiger partial charge in [0, 0.05) is 25.3 Å². The molecule has 0 spiro atoms. The van der Waals surface area contributed by atoms with Gasteiger partial charge in [-0.05, 0) is 30.0 Å². The quantitative estimate of drug-likeness (QED) is 0.708. The Kier molecular flexibility index (Phi) is 1.91. The van der Waals surface area contributed by atoms with Gasteiger partial charge in [-0.25, -0.2) is 0 Å². The van der Waals surface area contributed by atoms with E-state index in [2.05, 4.69) is 18.9 Å². The molecule has 1 aliphatic rings. The molecule has 1 N–H and O–H groups in total. The van der Waals surface area contributed by atoms with Crippen LogP contribution in [0.4, 0.5) is 5.69 Å². The fourth-order valence-corrected chi connectivity index (χ4v) is 2.04. The number of hydrogen-bond donors (Lipinski definition) is 1. The molecule has 2 nitrogen and oxygen atoms in total. The Balaban J connectivity index is 2.56. The zero-order valence-electron chi connectivity index (χ0n) is 8.17. The van der Waals surface area contributed by atoms with Crippen molar-refractivity contribution in [2.45, 2.75) is 19.8 Å². The summed E-state index contributed by atoms with van der Waals surface area (Å²) in [5, 5.41) is 9.50. The fraction of sp³-hybridized carbons (Fsp3) is 0.455. The first-order chi connectivity index (χ1) is 6.22. The molecule has 0 saturated heterocycles. The molecule has 0 bridgehead atoms. The van der Waals surface area contributed by atoms with E-state index in [4.69, 9.17) is 0 Å². The van der Waals surface area contributed by atoms with E-state index >= 15 is 0 Å². The molecule has 0 fully saturated rings. The number of phenols is 1. The van der Waals surface area contributed by atoms with Crippen LogP contribution in [0.1, 0.15) is 18.1 Å². The number of fused-ring (bicyclic) bond motifs is 1. The summed E-state index contributed by atoms with van der Waals surface area (Å²) in [6, 6.07) is 3.75. The highest BCUT2D eigenvalue weighted by Crippen LogP contribution is 2.33. The molecule has 1 heterocycles. The number of hydrogen-bond acceptors (Lipinski definition) is 2. The molecule has 0 aliphatic carbocycles. The van der Waals surface area contributed by atoms with Crippen molar-refractivity contribution in [3.8, 4) is 5.75 Å². The summed E-state index contributed by atoms with van der Waals surface area (Å²) >= 11 is 0. The van der Waals surface area contributed by atoms with Crippen LogP contribution in [0, 0.1) is 0 Å². The van der Waals surface area contributed by atoms with Crippen molar-refractivity contribution in [2.24, 2.45) is 0 Å². The lowest BCUT2D eigenvalue weighted by atomic mass is 10.0. The Morgan fingerprint density at radius 3 is 2.92 bits per heavy atom. The van der Waals surface area contributed by atoms with Gasteiger partial charge >= 0.3 is 0 Å².